The molecular weight excluding hydrogens is 214 g/mol. The monoisotopic (exact) mass is 243 g/mol. The van der Waals surface area contributed by atoms with Crippen LogP contribution in [0.15, 0.2) is 0 Å². The fourth-order valence-corrected chi connectivity index (χ4v) is 3.84. The molecule has 1 heterocycles. The second-order valence-electron chi connectivity index (χ2n) is 5.13. The summed E-state index contributed by atoms with van der Waals surface area (Å²) in [6.07, 6.45) is 13.8. The van der Waals surface area contributed by atoms with Crippen LogP contribution in [0, 0.1) is 0 Å². The first-order chi connectivity index (χ1) is 7.84. The third kappa shape index (κ3) is 6.15. The number of hydrogen-bond donors (Lipinski definition) is 1. The number of hydrogen-bond acceptors (Lipinski definition) is 2. The Labute approximate surface area is 106 Å². The fraction of sp³-hybridized carbons (Fsp3) is 1.00. The SMILES string of the molecule is CCCCCCCCC(N)C1CCCCS1. The van der Waals surface area contributed by atoms with Gasteiger partial charge in [0.05, 0.1) is 0 Å². The standard InChI is InChI=1S/C14H29NS/c1-2-3-4-5-6-7-10-13(15)14-11-8-9-12-16-14/h13-14H,2-12,15H2,1H3. The van der Waals surface area contributed by atoms with Gasteiger partial charge in [-0.25, -0.2) is 0 Å². The fourth-order valence-electron chi connectivity index (χ4n) is 2.45. The average molecular weight is 243 g/mol. The van der Waals surface area contributed by atoms with Crippen LogP contribution in [0.2, 0.25) is 0 Å². The molecule has 2 heteroatoms. The molecule has 0 bridgehead atoms. The number of unbranched alkanes of at least 4 members (excludes halogenated alkanes) is 5. The minimum absolute atomic E-state index is 0.469. The largest absolute Gasteiger partial charge is 0.327 e. The maximum Gasteiger partial charge on any atom is 0.0199 e. The molecule has 16 heavy (non-hydrogen) atoms. The van der Waals surface area contributed by atoms with Gasteiger partial charge >= 0.3 is 0 Å². The maximum absolute atomic E-state index is 6.27. The molecule has 1 rings (SSSR count). The highest BCUT2D eigenvalue weighted by molar-refractivity contribution is 8.00. The quantitative estimate of drug-likeness (QED) is 0.641. The van der Waals surface area contributed by atoms with Gasteiger partial charge < -0.3 is 5.73 Å². The van der Waals surface area contributed by atoms with Crippen molar-refractivity contribution in [1.29, 1.82) is 0 Å². The van der Waals surface area contributed by atoms with Gasteiger partial charge in [0.15, 0.2) is 0 Å². The van der Waals surface area contributed by atoms with Crippen LogP contribution in [0.4, 0.5) is 0 Å². The van der Waals surface area contributed by atoms with Crippen molar-refractivity contribution in [2.75, 3.05) is 5.75 Å². The number of thioether (sulfide) groups is 1. The van der Waals surface area contributed by atoms with Crippen molar-refractivity contribution in [3.05, 3.63) is 0 Å². The van der Waals surface area contributed by atoms with E-state index in [0.29, 0.717) is 6.04 Å². The molecule has 0 aliphatic carbocycles. The van der Waals surface area contributed by atoms with Gasteiger partial charge in [0, 0.05) is 11.3 Å². The lowest BCUT2D eigenvalue weighted by molar-refractivity contribution is 0.495. The predicted molar refractivity (Wildman–Crippen MR) is 76.1 cm³/mol. The zero-order chi connectivity index (χ0) is 11.6. The van der Waals surface area contributed by atoms with Gasteiger partial charge in [-0.1, -0.05) is 51.9 Å². The Morgan fingerprint density at radius 2 is 1.88 bits per heavy atom. The first kappa shape index (κ1) is 14.4. The molecular formula is C14H29NS. The van der Waals surface area contributed by atoms with Gasteiger partial charge in [-0.05, 0) is 25.0 Å². The highest BCUT2D eigenvalue weighted by atomic mass is 32.2. The molecule has 0 spiro atoms. The molecule has 2 N–H and O–H groups in total. The maximum atomic E-state index is 6.27. The van der Waals surface area contributed by atoms with Gasteiger partial charge in [0.1, 0.15) is 0 Å². The van der Waals surface area contributed by atoms with Crippen molar-refractivity contribution in [2.45, 2.75) is 82.4 Å². The van der Waals surface area contributed by atoms with Crippen molar-refractivity contribution < 1.29 is 0 Å². The van der Waals surface area contributed by atoms with E-state index in [1.807, 2.05) is 0 Å². The Morgan fingerprint density at radius 3 is 2.56 bits per heavy atom. The summed E-state index contributed by atoms with van der Waals surface area (Å²) in [5.74, 6) is 1.34. The number of rotatable bonds is 8. The zero-order valence-corrected chi connectivity index (χ0v) is 11.7. The molecule has 1 saturated heterocycles. The molecule has 0 aromatic heterocycles. The summed E-state index contributed by atoms with van der Waals surface area (Å²) in [5.41, 5.74) is 6.27. The van der Waals surface area contributed by atoms with E-state index in [4.69, 9.17) is 5.73 Å². The summed E-state index contributed by atoms with van der Waals surface area (Å²) in [4.78, 5) is 0. The Balaban J connectivity index is 1.94. The lowest BCUT2D eigenvalue weighted by atomic mass is 10.0. The molecule has 0 radical (unpaired) electrons. The van der Waals surface area contributed by atoms with Crippen molar-refractivity contribution in [2.24, 2.45) is 5.73 Å². The van der Waals surface area contributed by atoms with Crippen LogP contribution in [0.3, 0.4) is 0 Å². The molecule has 2 atom stereocenters. The van der Waals surface area contributed by atoms with E-state index >= 15 is 0 Å². The molecule has 0 amide bonds. The lowest BCUT2D eigenvalue weighted by Gasteiger charge is -2.27. The summed E-state index contributed by atoms with van der Waals surface area (Å²) in [5, 5.41) is 0.768. The Morgan fingerprint density at radius 1 is 1.12 bits per heavy atom. The topological polar surface area (TPSA) is 26.0 Å². The molecule has 1 nitrogen and oxygen atoms in total. The second kappa shape index (κ2) is 9.35. The van der Waals surface area contributed by atoms with Crippen LogP contribution in [-0.4, -0.2) is 17.0 Å². The van der Waals surface area contributed by atoms with Crippen LogP contribution in [0.5, 0.6) is 0 Å². The third-order valence-electron chi connectivity index (χ3n) is 3.58. The molecule has 1 fully saturated rings. The van der Waals surface area contributed by atoms with E-state index in [0.717, 1.165) is 5.25 Å². The molecule has 96 valence electrons. The van der Waals surface area contributed by atoms with Gasteiger partial charge in [-0.15, -0.1) is 0 Å². The van der Waals surface area contributed by atoms with Crippen LogP contribution < -0.4 is 5.73 Å². The Kier molecular flexibility index (Phi) is 8.40. The molecule has 2 unspecified atom stereocenters. The second-order valence-corrected chi connectivity index (χ2v) is 6.47. The Hall–Kier alpha value is 0.310. The third-order valence-corrected chi connectivity index (χ3v) is 5.12. The summed E-state index contributed by atoms with van der Waals surface area (Å²) in [6, 6.07) is 0.469. The summed E-state index contributed by atoms with van der Waals surface area (Å²) in [7, 11) is 0. The predicted octanol–water partition coefficient (Wildman–Crippen LogP) is 4.35. The van der Waals surface area contributed by atoms with Crippen LogP contribution in [0.25, 0.3) is 0 Å². The summed E-state index contributed by atoms with van der Waals surface area (Å²) < 4.78 is 0. The molecule has 0 aromatic carbocycles. The highest BCUT2D eigenvalue weighted by Crippen LogP contribution is 2.28. The van der Waals surface area contributed by atoms with Gasteiger partial charge in [0.25, 0.3) is 0 Å². The van der Waals surface area contributed by atoms with E-state index in [9.17, 15) is 0 Å². The van der Waals surface area contributed by atoms with E-state index in [1.54, 1.807) is 0 Å². The lowest BCUT2D eigenvalue weighted by Crippen LogP contribution is -2.34. The van der Waals surface area contributed by atoms with Gasteiger partial charge in [-0.2, -0.15) is 11.8 Å². The van der Waals surface area contributed by atoms with E-state index in [1.165, 1.54) is 70.0 Å². The normalized spacial score (nSPS) is 23.2. The smallest absolute Gasteiger partial charge is 0.0199 e. The Bertz CT molecular complexity index is 155. The van der Waals surface area contributed by atoms with Crippen molar-refractivity contribution >= 4 is 11.8 Å². The molecule has 0 saturated carbocycles. The van der Waals surface area contributed by atoms with Crippen molar-refractivity contribution in [3.8, 4) is 0 Å². The summed E-state index contributed by atoms with van der Waals surface area (Å²) in [6.45, 7) is 2.27. The van der Waals surface area contributed by atoms with E-state index in [-0.39, 0.29) is 0 Å². The van der Waals surface area contributed by atoms with E-state index in [2.05, 4.69) is 18.7 Å². The average Bonchev–Trinajstić information content (AvgIpc) is 2.34. The first-order valence-corrected chi connectivity index (χ1v) is 8.26. The molecule has 1 aliphatic rings. The van der Waals surface area contributed by atoms with Gasteiger partial charge in [-0.3, -0.25) is 0 Å². The summed E-state index contributed by atoms with van der Waals surface area (Å²) >= 11 is 2.12. The van der Waals surface area contributed by atoms with Crippen molar-refractivity contribution in [3.63, 3.8) is 0 Å². The zero-order valence-electron chi connectivity index (χ0n) is 10.9. The van der Waals surface area contributed by atoms with Gasteiger partial charge in [0.2, 0.25) is 0 Å². The minimum atomic E-state index is 0.469. The minimum Gasteiger partial charge on any atom is -0.327 e. The van der Waals surface area contributed by atoms with Crippen LogP contribution >= 0.6 is 11.8 Å². The number of nitrogens with two attached hydrogens (primary N) is 1. The molecule has 1 aliphatic heterocycles. The van der Waals surface area contributed by atoms with Crippen LogP contribution in [0.1, 0.15) is 71.1 Å². The molecule has 0 aromatic rings. The first-order valence-electron chi connectivity index (χ1n) is 7.21. The highest BCUT2D eigenvalue weighted by Gasteiger charge is 2.20. The van der Waals surface area contributed by atoms with Crippen LogP contribution in [-0.2, 0) is 0 Å². The van der Waals surface area contributed by atoms with Crippen molar-refractivity contribution in [1.82, 2.24) is 0 Å². The van der Waals surface area contributed by atoms with E-state index < -0.39 is 0 Å².